The van der Waals surface area contributed by atoms with Crippen molar-refractivity contribution >= 4 is 15.7 Å². The van der Waals surface area contributed by atoms with Gasteiger partial charge in [0.05, 0.1) is 28.9 Å². The van der Waals surface area contributed by atoms with Crippen LogP contribution < -0.4 is 10.5 Å². The Morgan fingerprint density at radius 1 is 0.969 bits per heavy atom. The van der Waals surface area contributed by atoms with Gasteiger partial charge < -0.3 is 4.90 Å². The Kier molecular flexibility index (Phi) is 6.38. The normalized spacial score (nSPS) is 15.1. The molecule has 1 aliphatic heterocycles. The quantitative estimate of drug-likeness (QED) is 0.570. The van der Waals surface area contributed by atoms with Gasteiger partial charge in [0.2, 0.25) is 10.0 Å². The molecule has 9 heteroatoms. The second-order valence-electron chi connectivity index (χ2n) is 7.67. The lowest BCUT2D eigenvalue weighted by Crippen LogP contribution is -2.49. The van der Waals surface area contributed by atoms with Gasteiger partial charge in [-0.15, -0.1) is 0 Å². The maximum Gasteiger partial charge on any atom is 0.281 e. The van der Waals surface area contributed by atoms with Crippen molar-refractivity contribution in [3.8, 4) is 16.8 Å². The lowest BCUT2D eigenvalue weighted by atomic mass is 10.0. The number of aromatic nitrogens is 2. The second-order valence-corrected chi connectivity index (χ2v) is 9.75. The predicted molar refractivity (Wildman–Crippen MR) is 123 cm³/mol. The van der Waals surface area contributed by atoms with Crippen LogP contribution in [0.15, 0.2) is 65.6 Å². The Morgan fingerprint density at radius 3 is 2.25 bits per heavy atom. The molecule has 0 aliphatic carbocycles. The lowest BCUT2D eigenvalue weighted by molar-refractivity contribution is 0.384. The molecule has 1 aliphatic rings. The molecule has 32 heavy (non-hydrogen) atoms. The molecule has 0 saturated carbocycles. The van der Waals surface area contributed by atoms with E-state index in [0.29, 0.717) is 55.1 Å². The zero-order valence-electron chi connectivity index (χ0n) is 17.8. The molecule has 168 valence electrons. The van der Waals surface area contributed by atoms with Crippen LogP contribution in [-0.4, -0.2) is 54.4 Å². The van der Waals surface area contributed by atoms with Gasteiger partial charge in [0.25, 0.3) is 5.56 Å². The van der Waals surface area contributed by atoms with E-state index >= 15 is 0 Å². The van der Waals surface area contributed by atoms with Crippen molar-refractivity contribution in [1.82, 2.24) is 14.1 Å². The maximum absolute atomic E-state index is 13.6. The number of rotatable bonds is 6. The number of piperazine rings is 1. The minimum Gasteiger partial charge on any atom is -0.367 e. The fourth-order valence-corrected chi connectivity index (χ4v) is 5.41. The van der Waals surface area contributed by atoms with E-state index in [2.05, 4.69) is 5.10 Å². The highest BCUT2D eigenvalue weighted by atomic mass is 32.2. The lowest BCUT2D eigenvalue weighted by Gasteiger charge is -2.36. The largest absolute Gasteiger partial charge is 0.367 e. The zero-order valence-corrected chi connectivity index (χ0v) is 18.6. The molecule has 0 atom stereocenters. The SMILES string of the molecule is CCCS(=O)(=O)N1CCN(c2cnn(-c3ccccc3)c(=O)c2-c2ccc(F)cc2)CC1. The van der Waals surface area contributed by atoms with Gasteiger partial charge in [-0.1, -0.05) is 37.3 Å². The molecule has 1 fully saturated rings. The fourth-order valence-electron chi connectivity index (χ4n) is 3.92. The molecule has 7 nitrogen and oxygen atoms in total. The first-order valence-corrected chi connectivity index (χ1v) is 12.2. The Bertz CT molecular complexity index is 1240. The van der Waals surface area contributed by atoms with E-state index in [4.69, 9.17) is 0 Å². The van der Waals surface area contributed by atoms with E-state index in [9.17, 15) is 17.6 Å². The van der Waals surface area contributed by atoms with Crippen molar-refractivity contribution < 1.29 is 12.8 Å². The van der Waals surface area contributed by atoms with Crippen LogP contribution in [0.5, 0.6) is 0 Å². The number of para-hydroxylation sites is 1. The molecule has 1 aromatic heterocycles. The molecule has 0 amide bonds. The van der Waals surface area contributed by atoms with Crippen LogP contribution in [0.4, 0.5) is 10.1 Å². The first-order chi connectivity index (χ1) is 15.4. The maximum atomic E-state index is 13.6. The van der Waals surface area contributed by atoms with Crippen LogP contribution in [0.3, 0.4) is 0 Å². The topological polar surface area (TPSA) is 75.5 Å². The number of nitrogens with zero attached hydrogens (tertiary/aromatic N) is 4. The number of hydrogen-bond donors (Lipinski definition) is 0. The zero-order chi connectivity index (χ0) is 22.7. The Labute approximate surface area is 186 Å². The van der Waals surface area contributed by atoms with E-state index in [1.165, 1.54) is 21.1 Å². The molecule has 0 bridgehead atoms. The van der Waals surface area contributed by atoms with E-state index in [1.807, 2.05) is 30.0 Å². The van der Waals surface area contributed by atoms with Crippen LogP contribution in [0.25, 0.3) is 16.8 Å². The Balaban J connectivity index is 1.74. The van der Waals surface area contributed by atoms with Crippen molar-refractivity contribution in [3.63, 3.8) is 0 Å². The Morgan fingerprint density at radius 2 is 1.62 bits per heavy atom. The fraction of sp³-hybridized carbons (Fsp3) is 0.304. The first-order valence-electron chi connectivity index (χ1n) is 10.6. The molecular weight excluding hydrogens is 431 g/mol. The highest BCUT2D eigenvalue weighted by molar-refractivity contribution is 7.89. The first kappa shape index (κ1) is 22.2. The summed E-state index contributed by atoms with van der Waals surface area (Å²) in [5.74, 6) is -0.259. The smallest absolute Gasteiger partial charge is 0.281 e. The van der Waals surface area contributed by atoms with E-state index in [-0.39, 0.29) is 17.1 Å². The Hall–Kier alpha value is -3.04. The molecular formula is C23H25FN4O3S. The summed E-state index contributed by atoms with van der Waals surface area (Å²) >= 11 is 0. The molecule has 0 N–H and O–H groups in total. The van der Waals surface area contributed by atoms with Gasteiger partial charge in [-0.2, -0.15) is 14.1 Å². The summed E-state index contributed by atoms with van der Waals surface area (Å²) in [6.45, 7) is 3.40. The number of anilines is 1. The molecule has 0 radical (unpaired) electrons. The summed E-state index contributed by atoms with van der Waals surface area (Å²) in [6.07, 6.45) is 2.20. The predicted octanol–water partition coefficient (Wildman–Crippen LogP) is 2.90. The van der Waals surface area contributed by atoms with Crippen LogP contribution in [-0.2, 0) is 10.0 Å². The van der Waals surface area contributed by atoms with E-state index in [0.717, 1.165) is 0 Å². The average molecular weight is 457 g/mol. The number of sulfonamides is 1. The highest BCUT2D eigenvalue weighted by Gasteiger charge is 2.28. The van der Waals surface area contributed by atoms with Crippen molar-refractivity contribution in [2.75, 3.05) is 36.8 Å². The minimum atomic E-state index is -3.27. The summed E-state index contributed by atoms with van der Waals surface area (Å²) in [7, 11) is -3.27. The molecule has 2 heterocycles. The van der Waals surface area contributed by atoms with E-state index in [1.54, 1.807) is 30.5 Å². The van der Waals surface area contributed by atoms with Gasteiger partial charge in [0.1, 0.15) is 5.82 Å². The van der Waals surface area contributed by atoms with Gasteiger partial charge in [0.15, 0.2) is 0 Å². The molecule has 4 rings (SSSR count). The van der Waals surface area contributed by atoms with Crippen LogP contribution in [0.2, 0.25) is 0 Å². The third kappa shape index (κ3) is 4.44. The average Bonchev–Trinajstić information content (AvgIpc) is 2.80. The number of hydrogen-bond acceptors (Lipinski definition) is 5. The van der Waals surface area contributed by atoms with Gasteiger partial charge in [-0.3, -0.25) is 4.79 Å². The molecule has 1 saturated heterocycles. The van der Waals surface area contributed by atoms with Crippen LogP contribution in [0.1, 0.15) is 13.3 Å². The minimum absolute atomic E-state index is 0.127. The number of halogens is 1. The summed E-state index contributed by atoms with van der Waals surface area (Å²) in [4.78, 5) is 15.5. The van der Waals surface area contributed by atoms with Crippen molar-refractivity contribution in [3.05, 3.63) is 77.0 Å². The molecule has 0 spiro atoms. The van der Waals surface area contributed by atoms with Crippen LogP contribution in [0, 0.1) is 5.82 Å². The molecule has 3 aromatic rings. The van der Waals surface area contributed by atoms with Crippen molar-refractivity contribution in [2.24, 2.45) is 0 Å². The summed E-state index contributed by atoms with van der Waals surface area (Å²) < 4.78 is 41.2. The second kappa shape index (κ2) is 9.22. The summed E-state index contributed by atoms with van der Waals surface area (Å²) in [5, 5.41) is 4.38. The molecule has 0 unspecified atom stereocenters. The monoisotopic (exact) mass is 456 g/mol. The van der Waals surface area contributed by atoms with Gasteiger partial charge >= 0.3 is 0 Å². The third-order valence-electron chi connectivity index (χ3n) is 5.53. The van der Waals surface area contributed by atoms with E-state index < -0.39 is 10.0 Å². The highest BCUT2D eigenvalue weighted by Crippen LogP contribution is 2.29. The number of benzene rings is 2. The summed E-state index contributed by atoms with van der Waals surface area (Å²) in [5.41, 5.74) is 1.92. The van der Waals surface area contributed by atoms with Gasteiger partial charge in [-0.05, 0) is 36.2 Å². The van der Waals surface area contributed by atoms with Crippen molar-refractivity contribution in [1.29, 1.82) is 0 Å². The van der Waals surface area contributed by atoms with Crippen molar-refractivity contribution in [2.45, 2.75) is 13.3 Å². The standard InChI is InChI=1S/C23H25FN4O3S/c1-2-16-32(30,31)27-14-12-26(13-15-27)21-17-25-28(20-6-4-3-5-7-20)23(29)22(21)18-8-10-19(24)11-9-18/h3-11,17H,2,12-16H2,1H3. The van der Waals surface area contributed by atoms with Gasteiger partial charge in [0, 0.05) is 26.2 Å². The molecule has 2 aromatic carbocycles. The summed E-state index contributed by atoms with van der Waals surface area (Å²) in [6, 6.07) is 14.9. The van der Waals surface area contributed by atoms with Crippen LogP contribution >= 0.6 is 0 Å². The van der Waals surface area contributed by atoms with Gasteiger partial charge in [-0.25, -0.2) is 12.8 Å². The third-order valence-corrected chi connectivity index (χ3v) is 7.60.